The third-order valence-corrected chi connectivity index (χ3v) is 3.28. The summed E-state index contributed by atoms with van der Waals surface area (Å²) in [6, 6.07) is 7.73. The molecule has 1 aliphatic rings. The summed E-state index contributed by atoms with van der Waals surface area (Å²) in [4.78, 5) is 11.5. The molecule has 1 fully saturated rings. The van der Waals surface area contributed by atoms with Gasteiger partial charge in [0.05, 0.1) is 6.54 Å². The van der Waals surface area contributed by atoms with Gasteiger partial charge < -0.3 is 10.6 Å². The van der Waals surface area contributed by atoms with E-state index in [4.69, 9.17) is 11.6 Å². The van der Waals surface area contributed by atoms with Gasteiger partial charge in [-0.2, -0.15) is 0 Å². The SMILES string of the molecule is Cl.O=C(CNCC1CC1)NCCc1cccc(Cl)c1. The second-order valence-corrected chi connectivity index (χ2v) is 5.24. The summed E-state index contributed by atoms with van der Waals surface area (Å²) in [5.41, 5.74) is 1.15. The van der Waals surface area contributed by atoms with Crippen molar-refractivity contribution >= 4 is 29.9 Å². The summed E-state index contributed by atoms with van der Waals surface area (Å²) < 4.78 is 0. The first-order valence-corrected chi connectivity index (χ1v) is 6.83. The van der Waals surface area contributed by atoms with E-state index in [1.807, 2.05) is 24.3 Å². The summed E-state index contributed by atoms with van der Waals surface area (Å²) in [5, 5.41) is 6.81. The largest absolute Gasteiger partial charge is 0.355 e. The summed E-state index contributed by atoms with van der Waals surface area (Å²) >= 11 is 5.89. The first kappa shape index (κ1) is 16.3. The van der Waals surface area contributed by atoms with Crippen molar-refractivity contribution in [2.24, 2.45) is 5.92 Å². The number of benzene rings is 1. The predicted molar refractivity (Wildman–Crippen MR) is 81.0 cm³/mol. The van der Waals surface area contributed by atoms with Gasteiger partial charge in [0.2, 0.25) is 5.91 Å². The van der Waals surface area contributed by atoms with Crippen molar-refractivity contribution in [1.82, 2.24) is 10.6 Å². The Hall–Kier alpha value is -0.770. The van der Waals surface area contributed by atoms with E-state index in [0.717, 1.165) is 29.5 Å². The molecule has 0 aromatic heterocycles. The van der Waals surface area contributed by atoms with E-state index >= 15 is 0 Å². The van der Waals surface area contributed by atoms with Gasteiger partial charge >= 0.3 is 0 Å². The highest BCUT2D eigenvalue weighted by Crippen LogP contribution is 2.27. The highest BCUT2D eigenvalue weighted by atomic mass is 35.5. The topological polar surface area (TPSA) is 41.1 Å². The Labute approximate surface area is 125 Å². The van der Waals surface area contributed by atoms with Crippen LogP contribution in [0.25, 0.3) is 0 Å². The fraction of sp³-hybridized carbons (Fsp3) is 0.500. The fourth-order valence-electron chi connectivity index (χ4n) is 1.81. The van der Waals surface area contributed by atoms with Crippen LogP contribution in [0.5, 0.6) is 0 Å². The number of hydrogen-bond acceptors (Lipinski definition) is 2. The standard InChI is InChI=1S/C14H19ClN2O.ClH/c15-13-3-1-2-11(8-13)6-7-17-14(18)10-16-9-12-4-5-12;/h1-3,8,12,16H,4-7,9-10H2,(H,17,18);1H. The Morgan fingerprint density at radius 1 is 1.37 bits per heavy atom. The lowest BCUT2D eigenvalue weighted by molar-refractivity contribution is -0.120. The van der Waals surface area contributed by atoms with Gasteiger partial charge in [-0.1, -0.05) is 23.7 Å². The van der Waals surface area contributed by atoms with Gasteiger partial charge in [-0.3, -0.25) is 4.79 Å². The van der Waals surface area contributed by atoms with E-state index in [1.165, 1.54) is 12.8 Å². The molecule has 0 bridgehead atoms. The molecule has 0 saturated heterocycles. The number of hydrogen-bond donors (Lipinski definition) is 2. The number of amides is 1. The third kappa shape index (κ3) is 6.81. The lowest BCUT2D eigenvalue weighted by Crippen LogP contribution is -2.35. The zero-order chi connectivity index (χ0) is 12.8. The molecule has 19 heavy (non-hydrogen) atoms. The Kier molecular flexibility index (Phi) is 7.21. The molecule has 106 valence electrons. The minimum absolute atomic E-state index is 0. The van der Waals surface area contributed by atoms with Crippen LogP contribution in [0.1, 0.15) is 18.4 Å². The summed E-state index contributed by atoms with van der Waals surface area (Å²) in [6.45, 7) is 2.05. The molecular formula is C14H20Cl2N2O. The van der Waals surface area contributed by atoms with E-state index in [1.54, 1.807) is 0 Å². The van der Waals surface area contributed by atoms with E-state index in [-0.39, 0.29) is 18.3 Å². The number of nitrogens with one attached hydrogen (secondary N) is 2. The van der Waals surface area contributed by atoms with Crippen LogP contribution in [0.3, 0.4) is 0 Å². The van der Waals surface area contributed by atoms with Crippen molar-refractivity contribution in [2.75, 3.05) is 19.6 Å². The van der Waals surface area contributed by atoms with Crippen molar-refractivity contribution in [3.8, 4) is 0 Å². The van der Waals surface area contributed by atoms with Gasteiger partial charge in [-0.15, -0.1) is 12.4 Å². The molecule has 0 atom stereocenters. The smallest absolute Gasteiger partial charge is 0.233 e. The van der Waals surface area contributed by atoms with Gasteiger partial charge in [-0.05, 0) is 49.4 Å². The zero-order valence-electron chi connectivity index (χ0n) is 10.8. The molecule has 1 aliphatic carbocycles. The van der Waals surface area contributed by atoms with Crippen molar-refractivity contribution in [3.05, 3.63) is 34.9 Å². The van der Waals surface area contributed by atoms with Crippen LogP contribution in [0.15, 0.2) is 24.3 Å². The van der Waals surface area contributed by atoms with Gasteiger partial charge in [0, 0.05) is 11.6 Å². The molecule has 1 saturated carbocycles. The molecule has 0 radical (unpaired) electrons. The van der Waals surface area contributed by atoms with Crippen molar-refractivity contribution in [1.29, 1.82) is 0 Å². The van der Waals surface area contributed by atoms with Crippen LogP contribution in [0, 0.1) is 5.92 Å². The lowest BCUT2D eigenvalue weighted by Gasteiger charge is -2.06. The minimum atomic E-state index is 0. The minimum Gasteiger partial charge on any atom is -0.355 e. The van der Waals surface area contributed by atoms with Crippen LogP contribution < -0.4 is 10.6 Å². The van der Waals surface area contributed by atoms with Crippen molar-refractivity contribution < 1.29 is 4.79 Å². The molecule has 2 N–H and O–H groups in total. The molecule has 1 aromatic carbocycles. The maximum atomic E-state index is 11.5. The molecule has 0 spiro atoms. The number of rotatable bonds is 7. The second kappa shape index (κ2) is 8.41. The van der Waals surface area contributed by atoms with Crippen molar-refractivity contribution in [2.45, 2.75) is 19.3 Å². The molecular weight excluding hydrogens is 283 g/mol. The zero-order valence-corrected chi connectivity index (χ0v) is 12.4. The molecule has 1 aromatic rings. The number of carbonyl (C=O) groups excluding carboxylic acids is 1. The quantitative estimate of drug-likeness (QED) is 0.812. The summed E-state index contributed by atoms with van der Waals surface area (Å²) in [7, 11) is 0. The monoisotopic (exact) mass is 302 g/mol. The van der Waals surface area contributed by atoms with Gasteiger partial charge in [-0.25, -0.2) is 0 Å². The molecule has 0 unspecified atom stereocenters. The van der Waals surface area contributed by atoms with Gasteiger partial charge in [0.15, 0.2) is 0 Å². The van der Waals surface area contributed by atoms with E-state index in [0.29, 0.717) is 13.1 Å². The second-order valence-electron chi connectivity index (χ2n) is 4.80. The maximum Gasteiger partial charge on any atom is 0.233 e. The van der Waals surface area contributed by atoms with Crippen LogP contribution in [0.4, 0.5) is 0 Å². The Morgan fingerprint density at radius 3 is 2.84 bits per heavy atom. The summed E-state index contributed by atoms with van der Waals surface area (Å²) in [6.07, 6.45) is 3.43. The first-order chi connectivity index (χ1) is 8.74. The molecule has 3 nitrogen and oxygen atoms in total. The average molecular weight is 303 g/mol. The normalized spacial score (nSPS) is 13.7. The third-order valence-electron chi connectivity index (χ3n) is 3.04. The number of carbonyl (C=O) groups is 1. The van der Waals surface area contributed by atoms with Crippen LogP contribution in [0.2, 0.25) is 5.02 Å². The maximum absolute atomic E-state index is 11.5. The Bertz CT molecular complexity index is 408. The molecule has 0 heterocycles. The van der Waals surface area contributed by atoms with E-state index < -0.39 is 0 Å². The molecule has 1 amide bonds. The Morgan fingerprint density at radius 2 is 2.16 bits per heavy atom. The first-order valence-electron chi connectivity index (χ1n) is 6.46. The predicted octanol–water partition coefficient (Wildman–Crippen LogP) is 2.42. The Balaban J connectivity index is 0.00000180. The molecule has 2 rings (SSSR count). The highest BCUT2D eigenvalue weighted by molar-refractivity contribution is 6.30. The van der Waals surface area contributed by atoms with Gasteiger partial charge in [0.1, 0.15) is 0 Å². The summed E-state index contributed by atoms with van der Waals surface area (Å²) in [5.74, 6) is 0.877. The van der Waals surface area contributed by atoms with E-state index in [2.05, 4.69) is 10.6 Å². The van der Waals surface area contributed by atoms with E-state index in [9.17, 15) is 4.79 Å². The average Bonchev–Trinajstić information content (AvgIpc) is 3.13. The van der Waals surface area contributed by atoms with Crippen molar-refractivity contribution in [3.63, 3.8) is 0 Å². The lowest BCUT2D eigenvalue weighted by atomic mass is 10.1. The van der Waals surface area contributed by atoms with Gasteiger partial charge in [0.25, 0.3) is 0 Å². The van der Waals surface area contributed by atoms with Crippen LogP contribution in [-0.2, 0) is 11.2 Å². The molecule has 0 aliphatic heterocycles. The highest BCUT2D eigenvalue weighted by Gasteiger charge is 2.20. The molecule has 5 heteroatoms. The fourth-order valence-corrected chi connectivity index (χ4v) is 2.03. The van der Waals surface area contributed by atoms with Crippen LogP contribution in [-0.4, -0.2) is 25.5 Å². The number of halogens is 2. The van der Waals surface area contributed by atoms with Crippen LogP contribution >= 0.6 is 24.0 Å².